The van der Waals surface area contributed by atoms with Crippen molar-refractivity contribution in [2.45, 2.75) is 13.1 Å². The molecule has 12 heteroatoms. The van der Waals surface area contributed by atoms with Gasteiger partial charge < -0.3 is 15.4 Å². The first-order valence-corrected chi connectivity index (χ1v) is 10.8. The molecule has 32 heavy (non-hydrogen) atoms. The Morgan fingerprint density at radius 2 is 1.81 bits per heavy atom. The van der Waals surface area contributed by atoms with E-state index in [1.165, 1.54) is 18.3 Å². The van der Waals surface area contributed by atoms with E-state index in [1.54, 1.807) is 17.5 Å². The van der Waals surface area contributed by atoms with Crippen molar-refractivity contribution in [1.29, 1.82) is 0 Å². The average Bonchev–Trinajstić information content (AvgIpc) is 3.37. The van der Waals surface area contributed by atoms with Gasteiger partial charge in [-0.25, -0.2) is 4.79 Å². The van der Waals surface area contributed by atoms with Crippen molar-refractivity contribution < 1.29 is 32.3 Å². The number of thiophene rings is 2. The number of alkyl halides is 3. The predicted octanol–water partition coefficient (Wildman–Crippen LogP) is 6.08. The van der Waals surface area contributed by atoms with Crippen LogP contribution in [-0.4, -0.2) is 24.9 Å². The molecule has 0 aliphatic heterocycles. The van der Waals surface area contributed by atoms with Gasteiger partial charge in [-0.05, 0) is 42.1 Å². The lowest BCUT2D eigenvalue weighted by molar-refractivity contribution is -0.137. The first-order valence-electron chi connectivity index (χ1n) is 8.77. The van der Waals surface area contributed by atoms with E-state index in [9.17, 15) is 27.6 Å². The van der Waals surface area contributed by atoms with Gasteiger partial charge in [-0.15, -0.1) is 22.7 Å². The van der Waals surface area contributed by atoms with Gasteiger partial charge in [0.1, 0.15) is 5.00 Å². The number of halogens is 4. The molecule has 3 rings (SSSR count). The summed E-state index contributed by atoms with van der Waals surface area (Å²) in [7, 11) is 1.15. The Morgan fingerprint density at radius 1 is 1.09 bits per heavy atom. The number of methoxy groups -OCH3 is 1. The molecule has 1 aromatic carbocycles. The molecule has 0 bridgehead atoms. The second-order valence-electron chi connectivity index (χ2n) is 6.33. The zero-order valence-electron chi connectivity index (χ0n) is 16.4. The highest BCUT2D eigenvalue weighted by molar-refractivity contribution is 7.19. The number of amides is 2. The predicted molar refractivity (Wildman–Crippen MR) is 117 cm³/mol. The highest BCUT2D eigenvalue weighted by Crippen LogP contribution is 2.37. The van der Waals surface area contributed by atoms with Crippen molar-refractivity contribution >= 4 is 62.7 Å². The molecule has 0 unspecified atom stereocenters. The Balaban J connectivity index is 1.96. The molecular formula is C20H14ClF3N2O4S2. The minimum atomic E-state index is -4.62. The summed E-state index contributed by atoms with van der Waals surface area (Å²) in [6, 6.07) is 5.79. The third-order valence-electron chi connectivity index (χ3n) is 4.26. The quantitative estimate of drug-likeness (QED) is 0.414. The molecule has 0 fully saturated rings. The third-order valence-corrected chi connectivity index (χ3v) is 6.66. The molecule has 2 heterocycles. The maximum Gasteiger partial charge on any atom is 0.416 e. The Morgan fingerprint density at radius 3 is 2.41 bits per heavy atom. The molecular weight excluding hydrogens is 489 g/mol. The molecule has 0 saturated heterocycles. The maximum atomic E-state index is 13.0. The number of hydrogen-bond donors (Lipinski definition) is 2. The lowest BCUT2D eigenvalue weighted by Gasteiger charge is -2.11. The summed E-state index contributed by atoms with van der Waals surface area (Å²) >= 11 is 7.92. The summed E-state index contributed by atoms with van der Waals surface area (Å²) in [6.45, 7) is 1.46. The summed E-state index contributed by atoms with van der Waals surface area (Å²) in [6.07, 6.45) is -4.62. The lowest BCUT2D eigenvalue weighted by atomic mass is 10.1. The minimum Gasteiger partial charge on any atom is -0.465 e. The Kier molecular flexibility index (Phi) is 6.91. The zero-order chi connectivity index (χ0) is 23.6. The summed E-state index contributed by atoms with van der Waals surface area (Å²) < 4.78 is 43.8. The summed E-state index contributed by atoms with van der Waals surface area (Å²) in [4.78, 5) is 37.9. The Bertz CT molecular complexity index is 1190. The number of ether oxygens (including phenoxy) is 1. The highest BCUT2D eigenvalue weighted by atomic mass is 35.5. The first-order chi connectivity index (χ1) is 15.0. The van der Waals surface area contributed by atoms with Crippen molar-refractivity contribution in [2.75, 3.05) is 17.7 Å². The van der Waals surface area contributed by atoms with E-state index in [2.05, 4.69) is 10.6 Å². The SMILES string of the molecule is COC(=O)c1c(NC(=O)c2cccs2)sc(C(=O)Nc2cc(C(F)(F)F)ccc2Cl)c1C. The van der Waals surface area contributed by atoms with Crippen LogP contribution in [0.5, 0.6) is 0 Å². The standard InChI is InChI=1S/C20H14ClF3N2O4S2/c1-9-14(19(29)30-2)18(26-16(27)13-4-3-7-31-13)32-15(9)17(28)25-12-8-10(20(22,23)24)5-6-11(12)21/h3-8H,1-2H3,(H,25,28)(H,26,27). The highest BCUT2D eigenvalue weighted by Gasteiger charge is 2.32. The van der Waals surface area contributed by atoms with Gasteiger partial charge >= 0.3 is 12.1 Å². The van der Waals surface area contributed by atoms with Crippen LogP contribution in [0.1, 0.15) is 40.8 Å². The monoisotopic (exact) mass is 502 g/mol. The van der Waals surface area contributed by atoms with E-state index in [0.29, 0.717) is 10.9 Å². The Hall–Kier alpha value is -2.89. The topological polar surface area (TPSA) is 84.5 Å². The number of carbonyl (C=O) groups is 3. The van der Waals surface area contributed by atoms with Crippen LogP contribution in [0.25, 0.3) is 0 Å². The number of rotatable bonds is 5. The summed E-state index contributed by atoms with van der Waals surface area (Å²) in [5.41, 5.74) is -1.06. The molecule has 0 aliphatic carbocycles. The minimum absolute atomic E-state index is 0.000331. The molecule has 0 atom stereocenters. The van der Waals surface area contributed by atoms with Crippen LogP contribution in [0.2, 0.25) is 5.02 Å². The van der Waals surface area contributed by atoms with E-state index in [4.69, 9.17) is 16.3 Å². The molecule has 3 aromatic rings. The number of benzene rings is 1. The molecule has 2 aromatic heterocycles. The number of anilines is 2. The van der Waals surface area contributed by atoms with Crippen LogP contribution in [0, 0.1) is 6.92 Å². The van der Waals surface area contributed by atoms with Crippen molar-refractivity contribution in [3.05, 3.63) is 67.2 Å². The molecule has 2 amide bonds. The van der Waals surface area contributed by atoms with Gasteiger partial charge in [0.05, 0.1) is 38.7 Å². The normalized spacial score (nSPS) is 11.2. The number of nitrogens with one attached hydrogen (secondary N) is 2. The molecule has 2 N–H and O–H groups in total. The van der Waals surface area contributed by atoms with Crippen LogP contribution >= 0.6 is 34.3 Å². The van der Waals surface area contributed by atoms with Crippen molar-refractivity contribution in [3.8, 4) is 0 Å². The first kappa shape index (κ1) is 23.8. The van der Waals surface area contributed by atoms with Crippen LogP contribution in [0.4, 0.5) is 23.9 Å². The van der Waals surface area contributed by atoms with Gasteiger partial charge in [-0.2, -0.15) is 13.2 Å². The molecule has 6 nitrogen and oxygen atoms in total. The fourth-order valence-electron chi connectivity index (χ4n) is 2.71. The fraction of sp³-hybridized carbons (Fsp3) is 0.150. The summed E-state index contributed by atoms with van der Waals surface area (Å²) in [5, 5.41) is 6.60. The maximum absolute atomic E-state index is 13.0. The number of hydrogen-bond acceptors (Lipinski definition) is 6. The largest absolute Gasteiger partial charge is 0.465 e. The van der Waals surface area contributed by atoms with Gasteiger partial charge in [-0.1, -0.05) is 17.7 Å². The molecule has 0 radical (unpaired) electrons. The average molecular weight is 503 g/mol. The van der Waals surface area contributed by atoms with Crippen LogP contribution in [0.15, 0.2) is 35.7 Å². The molecule has 0 aliphatic rings. The van der Waals surface area contributed by atoms with Crippen LogP contribution in [-0.2, 0) is 10.9 Å². The van der Waals surface area contributed by atoms with E-state index in [0.717, 1.165) is 30.6 Å². The summed E-state index contributed by atoms with van der Waals surface area (Å²) in [5.74, 6) is -2.06. The van der Waals surface area contributed by atoms with Gasteiger partial charge in [-0.3, -0.25) is 9.59 Å². The zero-order valence-corrected chi connectivity index (χ0v) is 18.8. The second kappa shape index (κ2) is 9.31. The van der Waals surface area contributed by atoms with E-state index < -0.39 is 29.5 Å². The number of esters is 1. The lowest BCUT2D eigenvalue weighted by Crippen LogP contribution is -2.14. The van der Waals surface area contributed by atoms with Gasteiger partial charge in [0.15, 0.2) is 0 Å². The van der Waals surface area contributed by atoms with Gasteiger partial charge in [0.25, 0.3) is 11.8 Å². The smallest absolute Gasteiger partial charge is 0.416 e. The molecule has 0 saturated carbocycles. The Labute approximate surface area is 193 Å². The molecule has 168 valence electrons. The van der Waals surface area contributed by atoms with Crippen molar-refractivity contribution in [3.63, 3.8) is 0 Å². The fourth-order valence-corrected chi connectivity index (χ4v) is 4.58. The van der Waals surface area contributed by atoms with E-state index in [-0.39, 0.29) is 31.7 Å². The third kappa shape index (κ3) is 4.95. The number of carbonyl (C=O) groups excluding carboxylic acids is 3. The second-order valence-corrected chi connectivity index (χ2v) is 8.71. The van der Waals surface area contributed by atoms with Gasteiger partial charge in [0.2, 0.25) is 0 Å². The molecule has 0 spiro atoms. The van der Waals surface area contributed by atoms with Crippen LogP contribution in [0.3, 0.4) is 0 Å². The van der Waals surface area contributed by atoms with Crippen molar-refractivity contribution in [1.82, 2.24) is 0 Å². The van der Waals surface area contributed by atoms with Crippen molar-refractivity contribution in [2.24, 2.45) is 0 Å². The van der Waals surface area contributed by atoms with Gasteiger partial charge in [0, 0.05) is 0 Å². The van der Waals surface area contributed by atoms with E-state index >= 15 is 0 Å². The van der Waals surface area contributed by atoms with Crippen LogP contribution < -0.4 is 10.6 Å². The van der Waals surface area contributed by atoms with E-state index in [1.807, 2.05) is 0 Å².